The Kier molecular flexibility index (Phi) is 6.55. The number of benzene rings is 1. The molecule has 6 nitrogen and oxygen atoms in total. The van der Waals surface area contributed by atoms with E-state index in [0.29, 0.717) is 24.0 Å². The molecule has 2 amide bonds. The maximum atomic E-state index is 12.3. The second-order valence-corrected chi connectivity index (χ2v) is 8.19. The topological polar surface area (TPSA) is 75.2 Å². The van der Waals surface area contributed by atoms with Gasteiger partial charge in [-0.2, -0.15) is 0 Å². The summed E-state index contributed by atoms with van der Waals surface area (Å²) in [6, 6.07) is 8.24. The van der Waals surface area contributed by atoms with Gasteiger partial charge >= 0.3 is 0 Å². The van der Waals surface area contributed by atoms with Gasteiger partial charge in [0.1, 0.15) is 5.01 Å². The van der Waals surface area contributed by atoms with Crippen molar-refractivity contribution in [1.82, 2.24) is 15.1 Å². The molecule has 0 bridgehead atoms. The molecule has 2 heterocycles. The summed E-state index contributed by atoms with van der Waals surface area (Å²) in [5.74, 6) is 0.323. The van der Waals surface area contributed by atoms with Crippen molar-refractivity contribution in [3.8, 4) is 10.6 Å². The normalized spacial score (nSPS) is 15.5. The Balaban J connectivity index is 1.59. The molecule has 1 saturated heterocycles. The van der Waals surface area contributed by atoms with E-state index in [2.05, 4.69) is 41.5 Å². The number of nitrogens with one attached hydrogen (secondary N) is 1. The monoisotopic (exact) mass is 386 g/mol. The van der Waals surface area contributed by atoms with Crippen molar-refractivity contribution in [3.63, 3.8) is 0 Å². The number of hydrogen-bond donors (Lipinski definition) is 1. The number of rotatable bonds is 5. The van der Waals surface area contributed by atoms with Gasteiger partial charge < -0.3 is 4.90 Å². The molecule has 1 fully saturated rings. The molecule has 3 rings (SSSR count). The Morgan fingerprint density at radius 2 is 1.89 bits per heavy atom. The summed E-state index contributed by atoms with van der Waals surface area (Å²) in [5.41, 5.74) is 2.26. The molecule has 1 aromatic heterocycles. The van der Waals surface area contributed by atoms with Crippen molar-refractivity contribution in [3.05, 3.63) is 29.8 Å². The van der Waals surface area contributed by atoms with Gasteiger partial charge in [0, 0.05) is 18.5 Å². The number of likely N-dealkylation sites (tertiary alicyclic amines) is 1. The van der Waals surface area contributed by atoms with Gasteiger partial charge in [-0.1, -0.05) is 62.3 Å². The molecule has 1 aliphatic heterocycles. The van der Waals surface area contributed by atoms with Crippen molar-refractivity contribution >= 4 is 28.3 Å². The summed E-state index contributed by atoms with van der Waals surface area (Å²) in [5, 5.41) is 12.3. The highest BCUT2D eigenvalue weighted by Gasteiger charge is 2.19. The van der Waals surface area contributed by atoms with Crippen molar-refractivity contribution in [2.75, 3.05) is 18.4 Å². The van der Waals surface area contributed by atoms with Crippen LogP contribution in [0.1, 0.15) is 57.4 Å². The van der Waals surface area contributed by atoms with Crippen LogP contribution >= 0.6 is 11.3 Å². The largest absolute Gasteiger partial charge is 0.333 e. The molecule has 0 spiro atoms. The zero-order chi connectivity index (χ0) is 19.2. The van der Waals surface area contributed by atoms with E-state index in [1.54, 1.807) is 4.90 Å². The molecule has 0 radical (unpaired) electrons. The first-order chi connectivity index (χ1) is 13.0. The summed E-state index contributed by atoms with van der Waals surface area (Å²) in [4.78, 5) is 26.1. The Labute approximate surface area is 164 Å². The molecular weight excluding hydrogens is 360 g/mol. The predicted molar refractivity (Wildman–Crippen MR) is 108 cm³/mol. The summed E-state index contributed by atoms with van der Waals surface area (Å²) < 4.78 is 0. The molecule has 144 valence electrons. The zero-order valence-electron chi connectivity index (χ0n) is 15.9. The van der Waals surface area contributed by atoms with Crippen molar-refractivity contribution in [2.45, 2.75) is 51.9 Å². The predicted octanol–water partition coefficient (Wildman–Crippen LogP) is 4.06. The third-order valence-corrected chi connectivity index (χ3v) is 5.64. The van der Waals surface area contributed by atoms with Crippen molar-refractivity contribution in [1.29, 1.82) is 0 Å². The molecule has 0 aliphatic carbocycles. The average Bonchev–Trinajstić information content (AvgIpc) is 3.10. The van der Waals surface area contributed by atoms with Crippen LogP contribution in [0.3, 0.4) is 0 Å². The maximum Gasteiger partial charge on any atom is 0.245 e. The first kappa shape index (κ1) is 19.5. The van der Waals surface area contributed by atoms with Crippen molar-refractivity contribution < 1.29 is 9.59 Å². The second kappa shape index (κ2) is 9.08. The van der Waals surface area contributed by atoms with Crippen LogP contribution < -0.4 is 5.32 Å². The van der Waals surface area contributed by atoms with Crippen LogP contribution in [-0.4, -0.2) is 40.0 Å². The highest BCUT2D eigenvalue weighted by atomic mass is 32.1. The van der Waals surface area contributed by atoms with E-state index >= 15 is 0 Å². The number of nitrogens with zero attached hydrogens (tertiary/aromatic N) is 3. The van der Waals surface area contributed by atoms with E-state index in [-0.39, 0.29) is 18.4 Å². The fourth-order valence-electron chi connectivity index (χ4n) is 3.12. The fraction of sp³-hybridized carbons (Fsp3) is 0.500. The van der Waals surface area contributed by atoms with Gasteiger partial charge in [-0.25, -0.2) is 0 Å². The molecule has 1 N–H and O–H groups in total. The summed E-state index contributed by atoms with van der Waals surface area (Å²) in [6.07, 6.45) is 4.60. The number of aromatic nitrogens is 2. The Bertz CT molecular complexity index is 786. The molecule has 1 aliphatic rings. The van der Waals surface area contributed by atoms with E-state index in [1.165, 1.54) is 16.9 Å². The fourth-order valence-corrected chi connectivity index (χ4v) is 3.88. The minimum absolute atomic E-state index is 0.0630. The first-order valence-corrected chi connectivity index (χ1v) is 10.4. The van der Waals surface area contributed by atoms with Crippen LogP contribution in [0.5, 0.6) is 0 Å². The molecule has 7 heteroatoms. The first-order valence-electron chi connectivity index (χ1n) is 9.54. The molecule has 2 aromatic rings. The molecule has 0 atom stereocenters. The highest BCUT2D eigenvalue weighted by Crippen LogP contribution is 2.27. The number of carbonyl (C=O) groups is 2. The standard InChI is InChI=1S/C20H26N4O2S/c1-14(2)15-8-10-16(11-9-15)19-22-23-20(27-19)21-17(25)13-24-12-6-4-3-5-7-18(24)26/h8-11,14H,3-7,12-13H2,1-2H3,(H,21,23,25). The van der Waals surface area contributed by atoms with Crippen LogP contribution in [0.2, 0.25) is 0 Å². The highest BCUT2D eigenvalue weighted by molar-refractivity contribution is 7.18. The van der Waals surface area contributed by atoms with Gasteiger partial charge in [0.15, 0.2) is 0 Å². The van der Waals surface area contributed by atoms with Crippen LogP contribution in [0, 0.1) is 0 Å². The minimum atomic E-state index is -0.221. The van der Waals surface area contributed by atoms with Crippen LogP contribution in [-0.2, 0) is 9.59 Å². The van der Waals surface area contributed by atoms with Crippen molar-refractivity contribution in [2.24, 2.45) is 0 Å². The summed E-state index contributed by atoms with van der Waals surface area (Å²) >= 11 is 1.34. The lowest BCUT2D eigenvalue weighted by molar-refractivity contribution is -0.135. The van der Waals surface area contributed by atoms with E-state index in [9.17, 15) is 9.59 Å². The molecular formula is C20H26N4O2S. The summed E-state index contributed by atoms with van der Waals surface area (Å²) in [6.45, 7) is 5.04. The summed E-state index contributed by atoms with van der Waals surface area (Å²) in [7, 11) is 0. The average molecular weight is 387 g/mol. The third kappa shape index (κ3) is 5.35. The lowest BCUT2D eigenvalue weighted by Gasteiger charge is -2.23. The van der Waals surface area contributed by atoms with Gasteiger partial charge in [0.05, 0.1) is 6.54 Å². The van der Waals surface area contributed by atoms with Crippen LogP contribution in [0.25, 0.3) is 10.6 Å². The number of amides is 2. The maximum absolute atomic E-state index is 12.3. The van der Waals surface area contributed by atoms with Crippen LogP contribution in [0.4, 0.5) is 5.13 Å². The van der Waals surface area contributed by atoms with Gasteiger partial charge in [0.25, 0.3) is 0 Å². The smallest absolute Gasteiger partial charge is 0.245 e. The zero-order valence-corrected chi connectivity index (χ0v) is 16.7. The molecule has 1 aromatic carbocycles. The SMILES string of the molecule is CC(C)c1ccc(-c2nnc(NC(=O)CN3CCCCCCC3=O)s2)cc1. The Hall–Kier alpha value is -2.28. The van der Waals surface area contributed by atoms with Gasteiger partial charge in [0.2, 0.25) is 16.9 Å². The van der Waals surface area contributed by atoms with E-state index in [4.69, 9.17) is 0 Å². The number of hydrogen-bond acceptors (Lipinski definition) is 5. The van der Waals surface area contributed by atoms with E-state index < -0.39 is 0 Å². The molecule has 0 saturated carbocycles. The Morgan fingerprint density at radius 3 is 2.63 bits per heavy atom. The quantitative estimate of drug-likeness (QED) is 0.841. The third-order valence-electron chi connectivity index (χ3n) is 4.75. The Morgan fingerprint density at radius 1 is 1.15 bits per heavy atom. The number of carbonyl (C=O) groups excluding carboxylic acids is 2. The van der Waals surface area contributed by atoms with Gasteiger partial charge in [-0.05, 0) is 24.3 Å². The molecule has 0 unspecified atom stereocenters. The lowest BCUT2D eigenvalue weighted by atomic mass is 10.0. The second-order valence-electron chi connectivity index (χ2n) is 7.22. The van der Waals surface area contributed by atoms with E-state index in [1.807, 2.05) is 12.1 Å². The molecule has 27 heavy (non-hydrogen) atoms. The number of anilines is 1. The van der Waals surface area contributed by atoms with Gasteiger partial charge in [-0.3, -0.25) is 14.9 Å². The minimum Gasteiger partial charge on any atom is -0.333 e. The van der Waals surface area contributed by atoms with Gasteiger partial charge in [-0.15, -0.1) is 10.2 Å². The lowest BCUT2D eigenvalue weighted by Crippen LogP contribution is -2.39. The van der Waals surface area contributed by atoms with E-state index in [0.717, 1.165) is 36.3 Å². The van der Waals surface area contributed by atoms with Crippen LogP contribution in [0.15, 0.2) is 24.3 Å².